The largest absolute Gasteiger partial charge is 0.390 e. The van der Waals surface area contributed by atoms with E-state index in [-0.39, 0.29) is 0 Å². The number of likely N-dealkylation sites (tertiary alicyclic amines) is 1. The lowest BCUT2D eigenvalue weighted by molar-refractivity contribution is -0.0158. The van der Waals surface area contributed by atoms with Gasteiger partial charge < -0.3 is 15.3 Å². The van der Waals surface area contributed by atoms with E-state index in [9.17, 15) is 5.11 Å². The first-order valence-corrected chi connectivity index (χ1v) is 9.09. The molecule has 0 aromatic rings. The second-order valence-electron chi connectivity index (χ2n) is 8.08. The van der Waals surface area contributed by atoms with Crippen molar-refractivity contribution in [2.45, 2.75) is 71.4 Å². The van der Waals surface area contributed by atoms with Gasteiger partial charge in [0.25, 0.3) is 0 Å². The minimum Gasteiger partial charge on any atom is -0.390 e. The van der Waals surface area contributed by atoms with Crippen molar-refractivity contribution >= 4 is 0 Å². The zero-order valence-electron chi connectivity index (χ0n) is 14.6. The summed E-state index contributed by atoms with van der Waals surface area (Å²) in [7, 11) is 0. The second-order valence-corrected chi connectivity index (χ2v) is 8.08. The van der Waals surface area contributed by atoms with Crippen LogP contribution in [-0.4, -0.2) is 47.8 Å². The summed E-state index contributed by atoms with van der Waals surface area (Å²) in [5, 5.41) is 13.9. The van der Waals surface area contributed by atoms with Crippen LogP contribution in [0.15, 0.2) is 0 Å². The third-order valence-corrected chi connectivity index (χ3v) is 5.74. The van der Waals surface area contributed by atoms with Crippen molar-refractivity contribution in [2.24, 2.45) is 17.8 Å². The van der Waals surface area contributed by atoms with Crippen LogP contribution >= 0.6 is 0 Å². The number of nitrogens with zero attached hydrogens (tertiary/aromatic N) is 1. The van der Waals surface area contributed by atoms with Crippen LogP contribution in [0.25, 0.3) is 0 Å². The van der Waals surface area contributed by atoms with E-state index in [0.29, 0.717) is 6.04 Å². The van der Waals surface area contributed by atoms with Crippen LogP contribution in [0.5, 0.6) is 0 Å². The molecular weight excluding hydrogens is 260 g/mol. The van der Waals surface area contributed by atoms with E-state index >= 15 is 0 Å². The Labute approximate surface area is 131 Å². The molecule has 3 heteroatoms. The summed E-state index contributed by atoms with van der Waals surface area (Å²) in [5.41, 5.74) is -0.428. The third kappa shape index (κ3) is 4.94. The van der Waals surface area contributed by atoms with E-state index in [1.165, 1.54) is 25.8 Å². The molecule has 1 aliphatic heterocycles. The lowest BCUT2D eigenvalue weighted by Gasteiger charge is -2.44. The Morgan fingerprint density at radius 3 is 2.48 bits per heavy atom. The molecule has 0 amide bonds. The first kappa shape index (κ1) is 17.2. The maximum absolute atomic E-state index is 10.1. The minimum absolute atomic E-state index is 0.428. The van der Waals surface area contributed by atoms with Gasteiger partial charge in [0.1, 0.15) is 0 Å². The Morgan fingerprint density at radius 2 is 1.86 bits per heavy atom. The van der Waals surface area contributed by atoms with Gasteiger partial charge in [-0.3, -0.25) is 0 Å². The molecule has 2 rings (SSSR count). The molecule has 1 heterocycles. The molecule has 1 saturated carbocycles. The highest BCUT2D eigenvalue weighted by Gasteiger charge is 2.36. The summed E-state index contributed by atoms with van der Waals surface area (Å²) in [6.07, 6.45) is 5.79. The van der Waals surface area contributed by atoms with E-state index in [0.717, 1.165) is 50.2 Å². The molecule has 0 spiro atoms. The summed E-state index contributed by atoms with van der Waals surface area (Å²) in [4.78, 5) is 2.59. The summed E-state index contributed by atoms with van der Waals surface area (Å²) in [6.45, 7) is 13.6. The average Bonchev–Trinajstić information content (AvgIpc) is 2.41. The molecule has 2 N–H and O–H groups in total. The fourth-order valence-electron chi connectivity index (χ4n) is 4.30. The number of aliphatic hydroxyl groups is 1. The normalized spacial score (nSPS) is 37.6. The molecule has 0 aromatic heterocycles. The molecule has 0 bridgehead atoms. The molecule has 2 fully saturated rings. The van der Waals surface area contributed by atoms with Crippen molar-refractivity contribution < 1.29 is 5.11 Å². The standard InChI is InChI=1S/C18H36N2O/c1-5-8-19-17-12-14(2)11-15(3)16(17)13-20-9-6-18(4,21)7-10-20/h14-17,19,21H,5-13H2,1-4H3. The predicted molar refractivity (Wildman–Crippen MR) is 89.4 cm³/mol. The van der Waals surface area contributed by atoms with Gasteiger partial charge in [0.05, 0.1) is 5.60 Å². The number of hydrogen-bond acceptors (Lipinski definition) is 3. The monoisotopic (exact) mass is 296 g/mol. The van der Waals surface area contributed by atoms with Gasteiger partial charge in [0, 0.05) is 25.7 Å². The average molecular weight is 296 g/mol. The van der Waals surface area contributed by atoms with Gasteiger partial charge in [0.2, 0.25) is 0 Å². The molecule has 2 aliphatic rings. The summed E-state index contributed by atoms with van der Waals surface area (Å²) >= 11 is 0. The van der Waals surface area contributed by atoms with Crippen LogP contribution in [0.1, 0.15) is 59.8 Å². The molecular formula is C18H36N2O. The molecule has 0 radical (unpaired) electrons. The van der Waals surface area contributed by atoms with E-state index in [1.54, 1.807) is 0 Å². The zero-order valence-corrected chi connectivity index (χ0v) is 14.6. The Hall–Kier alpha value is -0.120. The fraction of sp³-hybridized carbons (Fsp3) is 1.00. The summed E-state index contributed by atoms with van der Waals surface area (Å²) < 4.78 is 0. The van der Waals surface area contributed by atoms with Gasteiger partial charge in [-0.1, -0.05) is 20.8 Å². The lowest BCUT2D eigenvalue weighted by atomic mass is 9.72. The van der Waals surface area contributed by atoms with Crippen LogP contribution in [0, 0.1) is 17.8 Å². The topological polar surface area (TPSA) is 35.5 Å². The number of piperidine rings is 1. The van der Waals surface area contributed by atoms with E-state index in [1.807, 2.05) is 6.92 Å². The Bertz CT molecular complexity index is 308. The van der Waals surface area contributed by atoms with Crippen LogP contribution < -0.4 is 5.32 Å². The van der Waals surface area contributed by atoms with Gasteiger partial charge >= 0.3 is 0 Å². The summed E-state index contributed by atoms with van der Waals surface area (Å²) in [5.74, 6) is 2.44. The molecule has 4 atom stereocenters. The van der Waals surface area contributed by atoms with Crippen molar-refractivity contribution in [3.05, 3.63) is 0 Å². The maximum Gasteiger partial charge on any atom is 0.0644 e. The lowest BCUT2D eigenvalue weighted by Crippen LogP contribution is -2.51. The van der Waals surface area contributed by atoms with Crippen LogP contribution in [0.4, 0.5) is 0 Å². The molecule has 1 aliphatic carbocycles. The Balaban J connectivity index is 1.91. The van der Waals surface area contributed by atoms with Crippen molar-refractivity contribution in [1.29, 1.82) is 0 Å². The third-order valence-electron chi connectivity index (χ3n) is 5.74. The highest BCUT2D eigenvalue weighted by molar-refractivity contribution is 4.91. The quantitative estimate of drug-likeness (QED) is 0.819. The molecule has 3 nitrogen and oxygen atoms in total. The number of nitrogens with one attached hydrogen (secondary N) is 1. The van der Waals surface area contributed by atoms with Crippen LogP contribution in [0.3, 0.4) is 0 Å². The van der Waals surface area contributed by atoms with Gasteiger partial charge in [0.15, 0.2) is 0 Å². The summed E-state index contributed by atoms with van der Waals surface area (Å²) in [6, 6.07) is 0.686. The van der Waals surface area contributed by atoms with Gasteiger partial charge in [-0.05, 0) is 63.3 Å². The first-order chi connectivity index (χ1) is 9.91. The molecule has 0 aromatic carbocycles. The predicted octanol–water partition coefficient (Wildman–Crippen LogP) is 2.88. The molecule has 4 unspecified atom stereocenters. The number of hydrogen-bond donors (Lipinski definition) is 2. The van der Waals surface area contributed by atoms with Crippen LogP contribution in [-0.2, 0) is 0 Å². The fourth-order valence-corrected chi connectivity index (χ4v) is 4.30. The molecule has 1 saturated heterocycles. The van der Waals surface area contributed by atoms with Crippen molar-refractivity contribution in [1.82, 2.24) is 10.2 Å². The van der Waals surface area contributed by atoms with Gasteiger partial charge in [-0.2, -0.15) is 0 Å². The van der Waals surface area contributed by atoms with Gasteiger partial charge in [-0.25, -0.2) is 0 Å². The van der Waals surface area contributed by atoms with Crippen LogP contribution in [0.2, 0.25) is 0 Å². The Morgan fingerprint density at radius 1 is 1.19 bits per heavy atom. The minimum atomic E-state index is -0.428. The Kier molecular flexibility index (Phi) is 6.10. The van der Waals surface area contributed by atoms with E-state index < -0.39 is 5.60 Å². The van der Waals surface area contributed by atoms with Crippen molar-refractivity contribution in [3.63, 3.8) is 0 Å². The van der Waals surface area contributed by atoms with Crippen molar-refractivity contribution in [2.75, 3.05) is 26.2 Å². The highest BCUT2D eigenvalue weighted by Crippen LogP contribution is 2.35. The smallest absolute Gasteiger partial charge is 0.0644 e. The molecule has 21 heavy (non-hydrogen) atoms. The van der Waals surface area contributed by atoms with E-state index in [4.69, 9.17) is 0 Å². The zero-order chi connectivity index (χ0) is 15.5. The second kappa shape index (κ2) is 7.43. The number of rotatable bonds is 5. The maximum atomic E-state index is 10.1. The SMILES string of the molecule is CCCNC1CC(C)CC(C)C1CN1CCC(C)(O)CC1. The van der Waals surface area contributed by atoms with Crippen molar-refractivity contribution in [3.8, 4) is 0 Å². The molecule has 124 valence electrons. The first-order valence-electron chi connectivity index (χ1n) is 9.09. The van der Waals surface area contributed by atoms with Gasteiger partial charge in [-0.15, -0.1) is 0 Å². The van der Waals surface area contributed by atoms with E-state index in [2.05, 4.69) is 31.0 Å². The highest BCUT2D eigenvalue weighted by atomic mass is 16.3.